The fourth-order valence-corrected chi connectivity index (χ4v) is 3.69. The molecule has 7 nitrogen and oxygen atoms in total. The van der Waals surface area contributed by atoms with Gasteiger partial charge in [-0.1, -0.05) is 29.8 Å². The number of hydrogen-bond acceptors (Lipinski definition) is 4. The van der Waals surface area contributed by atoms with Crippen molar-refractivity contribution in [2.45, 2.75) is 24.8 Å². The Morgan fingerprint density at radius 1 is 1.15 bits per heavy atom. The fourth-order valence-electron chi connectivity index (χ4n) is 2.49. The zero-order valence-corrected chi connectivity index (χ0v) is 15.7. The second kappa shape index (κ2) is 7.73. The van der Waals surface area contributed by atoms with E-state index in [1.54, 1.807) is 42.7 Å². The van der Waals surface area contributed by atoms with Crippen LogP contribution in [0.25, 0.3) is 11.4 Å². The Hall–Kier alpha value is -2.97. The summed E-state index contributed by atoms with van der Waals surface area (Å²) < 4.78 is 27.2. The molecule has 0 bridgehead atoms. The Kier molecular flexibility index (Phi) is 5.38. The van der Waals surface area contributed by atoms with Gasteiger partial charge >= 0.3 is 0 Å². The van der Waals surface area contributed by atoms with E-state index in [-0.39, 0.29) is 4.90 Å². The summed E-state index contributed by atoms with van der Waals surface area (Å²) in [6, 6.07) is 12.6. The van der Waals surface area contributed by atoms with Crippen LogP contribution in [0.4, 0.5) is 5.69 Å². The Bertz CT molecular complexity index is 1030. The molecule has 0 aliphatic rings. The highest BCUT2D eigenvalue weighted by Crippen LogP contribution is 2.19. The molecule has 1 amide bonds. The lowest BCUT2D eigenvalue weighted by Crippen LogP contribution is -2.41. The molecule has 1 aromatic heterocycles. The number of imidazole rings is 1. The highest BCUT2D eigenvalue weighted by molar-refractivity contribution is 7.89. The van der Waals surface area contributed by atoms with Gasteiger partial charge in [0.2, 0.25) is 15.9 Å². The molecule has 0 saturated heterocycles. The average molecular weight is 384 g/mol. The van der Waals surface area contributed by atoms with Crippen LogP contribution in [0.5, 0.6) is 0 Å². The van der Waals surface area contributed by atoms with Gasteiger partial charge in [-0.2, -0.15) is 4.72 Å². The van der Waals surface area contributed by atoms with E-state index < -0.39 is 22.0 Å². The van der Waals surface area contributed by atoms with Crippen LogP contribution in [-0.2, 0) is 14.8 Å². The lowest BCUT2D eigenvalue weighted by molar-refractivity contribution is -0.117. The van der Waals surface area contributed by atoms with Crippen LogP contribution in [-0.4, -0.2) is 30.3 Å². The number of benzene rings is 2. The maximum absolute atomic E-state index is 12.4. The monoisotopic (exact) mass is 384 g/mol. The average Bonchev–Trinajstić information content (AvgIpc) is 3.16. The van der Waals surface area contributed by atoms with Gasteiger partial charge in [-0.05, 0) is 38.1 Å². The van der Waals surface area contributed by atoms with Crippen molar-refractivity contribution in [3.63, 3.8) is 0 Å². The van der Waals surface area contributed by atoms with Crippen LogP contribution in [0.3, 0.4) is 0 Å². The SMILES string of the molecule is Cc1ccc(S(=O)(=O)N[C@@H](C)C(=O)Nc2cccc(-c3ncc[nH]3)c2)cc1. The predicted octanol–water partition coefficient (Wildman–Crippen LogP) is 2.69. The van der Waals surface area contributed by atoms with Gasteiger partial charge < -0.3 is 10.3 Å². The van der Waals surface area contributed by atoms with Crippen molar-refractivity contribution in [1.82, 2.24) is 14.7 Å². The number of amides is 1. The molecule has 0 radical (unpaired) electrons. The Morgan fingerprint density at radius 2 is 1.89 bits per heavy atom. The Morgan fingerprint density at radius 3 is 2.56 bits per heavy atom. The first-order chi connectivity index (χ1) is 12.8. The van der Waals surface area contributed by atoms with Crippen molar-refractivity contribution in [1.29, 1.82) is 0 Å². The number of aromatic nitrogens is 2. The van der Waals surface area contributed by atoms with Crippen LogP contribution in [0.1, 0.15) is 12.5 Å². The molecule has 1 heterocycles. The number of carbonyl (C=O) groups is 1. The number of aryl methyl sites for hydroxylation is 1. The minimum Gasteiger partial charge on any atom is -0.345 e. The van der Waals surface area contributed by atoms with E-state index in [0.29, 0.717) is 11.5 Å². The topological polar surface area (TPSA) is 104 Å². The largest absolute Gasteiger partial charge is 0.345 e. The first-order valence-corrected chi connectivity index (χ1v) is 9.83. The number of nitrogens with one attached hydrogen (secondary N) is 3. The van der Waals surface area contributed by atoms with E-state index in [9.17, 15) is 13.2 Å². The summed E-state index contributed by atoms with van der Waals surface area (Å²) in [5.41, 5.74) is 2.32. The smallest absolute Gasteiger partial charge is 0.242 e. The third-order valence-electron chi connectivity index (χ3n) is 3.96. The van der Waals surface area contributed by atoms with Gasteiger partial charge in [0.05, 0.1) is 10.9 Å². The summed E-state index contributed by atoms with van der Waals surface area (Å²) in [4.78, 5) is 19.7. The molecule has 27 heavy (non-hydrogen) atoms. The normalized spacial score (nSPS) is 12.5. The van der Waals surface area contributed by atoms with E-state index in [4.69, 9.17) is 0 Å². The zero-order chi connectivity index (χ0) is 19.4. The summed E-state index contributed by atoms with van der Waals surface area (Å²) in [5, 5.41) is 2.72. The summed E-state index contributed by atoms with van der Waals surface area (Å²) in [7, 11) is -3.78. The van der Waals surface area contributed by atoms with Crippen molar-refractivity contribution >= 4 is 21.6 Å². The summed E-state index contributed by atoms with van der Waals surface area (Å²) >= 11 is 0. The summed E-state index contributed by atoms with van der Waals surface area (Å²) in [6.45, 7) is 3.37. The van der Waals surface area contributed by atoms with Crippen LogP contribution in [0, 0.1) is 6.92 Å². The first-order valence-electron chi connectivity index (χ1n) is 8.35. The first kappa shape index (κ1) is 18.8. The number of aromatic amines is 1. The van der Waals surface area contributed by atoms with Crippen LogP contribution < -0.4 is 10.0 Å². The van der Waals surface area contributed by atoms with Crippen molar-refractivity contribution in [2.24, 2.45) is 0 Å². The number of nitrogens with zero attached hydrogens (tertiary/aromatic N) is 1. The molecule has 0 spiro atoms. The molecule has 3 aromatic rings. The molecule has 0 aliphatic heterocycles. The minimum atomic E-state index is -3.78. The molecule has 1 atom stereocenters. The second-order valence-corrected chi connectivity index (χ2v) is 7.88. The van der Waals surface area contributed by atoms with Gasteiger partial charge in [0.25, 0.3) is 0 Å². The van der Waals surface area contributed by atoms with Crippen molar-refractivity contribution in [3.05, 3.63) is 66.5 Å². The second-order valence-electron chi connectivity index (χ2n) is 6.16. The van der Waals surface area contributed by atoms with Gasteiger partial charge in [0.15, 0.2) is 0 Å². The molecule has 140 valence electrons. The van der Waals surface area contributed by atoms with Crippen molar-refractivity contribution < 1.29 is 13.2 Å². The number of H-pyrrole nitrogens is 1. The number of sulfonamides is 1. The van der Waals surface area contributed by atoms with Crippen molar-refractivity contribution in [3.8, 4) is 11.4 Å². The Balaban J connectivity index is 1.69. The van der Waals surface area contributed by atoms with Gasteiger partial charge in [0.1, 0.15) is 5.82 Å². The third kappa shape index (κ3) is 4.60. The standard InChI is InChI=1S/C19H20N4O3S/c1-13-6-8-17(9-7-13)27(25,26)23-14(2)19(24)22-16-5-3-4-15(12-16)18-20-10-11-21-18/h3-12,14,23H,1-2H3,(H,20,21)(H,22,24)/t14-/m0/s1. The van der Waals surface area contributed by atoms with Crippen molar-refractivity contribution in [2.75, 3.05) is 5.32 Å². The van der Waals surface area contributed by atoms with E-state index in [0.717, 1.165) is 11.1 Å². The molecular formula is C19H20N4O3S. The summed E-state index contributed by atoms with van der Waals surface area (Å²) in [6.07, 6.45) is 3.35. The highest BCUT2D eigenvalue weighted by atomic mass is 32.2. The van der Waals surface area contributed by atoms with Gasteiger partial charge in [-0.3, -0.25) is 4.79 Å². The molecule has 0 unspecified atom stereocenters. The van der Waals surface area contributed by atoms with E-state index >= 15 is 0 Å². The maximum atomic E-state index is 12.4. The Labute approximate surface area is 157 Å². The lowest BCUT2D eigenvalue weighted by atomic mass is 10.2. The number of anilines is 1. The molecular weight excluding hydrogens is 364 g/mol. The number of carbonyl (C=O) groups excluding carboxylic acids is 1. The zero-order valence-electron chi connectivity index (χ0n) is 14.9. The van der Waals surface area contributed by atoms with Gasteiger partial charge in [0, 0.05) is 23.6 Å². The summed E-state index contributed by atoms with van der Waals surface area (Å²) in [5.74, 6) is 0.224. The number of rotatable bonds is 6. The van der Waals surface area contributed by atoms with E-state index in [2.05, 4.69) is 20.0 Å². The molecule has 3 rings (SSSR count). The molecule has 0 saturated carbocycles. The predicted molar refractivity (Wildman–Crippen MR) is 104 cm³/mol. The quantitative estimate of drug-likeness (QED) is 0.608. The third-order valence-corrected chi connectivity index (χ3v) is 5.51. The number of hydrogen-bond donors (Lipinski definition) is 3. The van der Waals surface area contributed by atoms with E-state index in [1.807, 2.05) is 13.0 Å². The van der Waals surface area contributed by atoms with Crippen LogP contribution in [0.2, 0.25) is 0 Å². The fraction of sp³-hybridized carbons (Fsp3) is 0.158. The van der Waals surface area contributed by atoms with Crippen LogP contribution in [0.15, 0.2) is 65.8 Å². The molecule has 8 heteroatoms. The van der Waals surface area contributed by atoms with E-state index in [1.165, 1.54) is 19.1 Å². The highest BCUT2D eigenvalue weighted by Gasteiger charge is 2.22. The molecule has 2 aromatic carbocycles. The van der Waals surface area contributed by atoms with Gasteiger partial charge in [-0.15, -0.1) is 0 Å². The lowest BCUT2D eigenvalue weighted by Gasteiger charge is -2.15. The minimum absolute atomic E-state index is 0.118. The molecule has 3 N–H and O–H groups in total. The van der Waals surface area contributed by atoms with Gasteiger partial charge in [-0.25, -0.2) is 13.4 Å². The van der Waals surface area contributed by atoms with Crippen LogP contribution >= 0.6 is 0 Å². The molecule has 0 aliphatic carbocycles. The molecule has 0 fully saturated rings. The maximum Gasteiger partial charge on any atom is 0.242 e.